The van der Waals surface area contributed by atoms with E-state index in [1.807, 2.05) is 10.9 Å². The number of nitrogens with one attached hydrogen (secondary N) is 2. The van der Waals surface area contributed by atoms with Gasteiger partial charge in [-0.25, -0.2) is 14.4 Å². The van der Waals surface area contributed by atoms with Crippen molar-refractivity contribution >= 4 is 28.3 Å². The highest BCUT2D eigenvalue weighted by Gasteiger charge is 2.27. The molecule has 1 atom stereocenters. The minimum absolute atomic E-state index is 0.164. The van der Waals surface area contributed by atoms with E-state index >= 15 is 0 Å². The van der Waals surface area contributed by atoms with Gasteiger partial charge in [0.2, 0.25) is 0 Å². The Labute approximate surface area is 223 Å². The van der Waals surface area contributed by atoms with Gasteiger partial charge in [0.15, 0.2) is 11.5 Å². The maximum Gasteiger partial charge on any atom is 0.255 e. The molecule has 0 spiro atoms. The molecule has 4 aromatic rings. The molecule has 5 heterocycles. The maximum atomic E-state index is 14.3. The number of aromatic nitrogens is 6. The van der Waals surface area contributed by atoms with Crippen molar-refractivity contribution in [2.45, 2.75) is 44.5 Å². The number of hydrogen-bond acceptors (Lipinski definition) is 9. The number of nitrogens with zero attached hydrogens (tertiary/aromatic N) is 7. The fraction of sp³-hybridized carbons (Fsp3) is 0.385. The number of carbonyl (C=O) groups excluding carboxylic acids is 1. The first-order valence-electron chi connectivity index (χ1n) is 12.5. The van der Waals surface area contributed by atoms with Crippen molar-refractivity contribution in [3.63, 3.8) is 0 Å². The molecule has 0 bridgehead atoms. The van der Waals surface area contributed by atoms with Crippen LogP contribution in [0, 0.1) is 11.3 Å². The second kappa shape index (κ2) is 10.8. The summed E-state index contributed by atoms with van der Waals surface area (Å²) in [6, 6.07) is 5.58. The molecule has 0 saturated carbocycles. The van der Waals surface area contributed by atoms with Crippen LogP contribution in [0.3, 0.4) is 0 Å². The number of aliphatic hydroxyl groups is 1. The van der Waals surface area contributed by atoms with Crippen LogP contribution < -0.4 is 10.6 Å². The third-order valence-electron chi connectivity index (χ3n) is 6.54. The number of halogens is 1. The summed E-state index contributed by atoms with van der Waals surface area (Å²) in [5.41, 5.74) is 0.492. The molecule has 5 rings (SSSR count). The number of carbonyl (C=O) groups is 1. The second-order valence-corrected chi connectivity index (χ2v) is 9.90. The van der Waals surface area contributed by atoms with Crippen molar-refractivity contribution in [3.05, 3.63) is 54.2 Å². The van der Waals surface area contributed by atoms with Crippen LogP contribution in [0.1, 0.15) is 48.7 Å². The summed E-state index contributed by atoms with van der Waals surface area (Å²) in [5, 5.41) is 34.3. The summed E-state index contributed by atoms with van der Waals surface area (Å²) in [5.74, 6) is -0.194. The predicted octanol–water partition coefficient (Wildman–Crippen LogP) is 2.82. The lowest BCUT2D eigenvalue weighted by Crippen LogP contribution is -2.42. The Balaban J connectivity index is 1.47. The van der Waals surface area contributed by atoms with Gasteiger partial charge in [-0.2, -0.15) is 20.1 Å². The van der Waals surface area contributed by atoms with Crippen LogP contribution in [0.25, 0.3) is 16.9 Å². The van der Waals surface area contributed by atoms with Crippen molar-refractivity contribution in [3.8, 4) is 11.9 Å². The summed E-state index contributed by atoms with van der Waals surface area (Å²) in [4.78, 5) is 21.8. The van der Waals surface area contributed by atoms with E-state index < -0.39 is 17.7 Å². The summed E-state index contributed by atoms with van der Waals surface area (Å²) in [6.45, 7) is 3.65. The Hall–Kier alpha value is -4.41. The maximum absolute atomic E-state index is 14.3. The Morgan fingerprint density at radius 1 is 1.23 bits per heavy atom. The van der Waals surface area contributed by atoms with E-state index in [1.54, 1.807) is 24.5 Å². The molecule has 0 radical (unpaired) electrons. The first kappa shape index (κ1) is 26.2. The highest BCUT2D eigenvalue weighted by atomic mass is 19.1. The van der Waals surface area contributed by atoms with E-state index in [-0.39, 0.29) is 18.2 Å². The number of rotatable bonds is 8. The number of nitriles is 1. The van der Waals surface area contributed by atoms with E-state index in [0.717, 1.165) is 12.8 Å². The molecule has 1 unspecified atom stereocenters. The zero-order valence-electron chi connectivity index (χ0n) is 21.5. The first-order valence-corrected chi connectivity index (χ1v) is 12.5. The SMILES string of the molecule is CC(C)(O)C(F)CNC(=O)c1cnc(-n2ncc3cc(C#N)cnc32)cc1Nc1cnn(C2CCOCC2)c1. The minimum Gasteiger partial charge on any atom is -0.387 e. The minimum atomic E-state index is -1.66. The molecule has 0 aromatic carbocycles. The van der Waals surface area contributed by atoms with E-state index in [9.17, 15) is 14.3 Å². The Morgan fingerprint density at radius 3 is 2.77 bits per heavy atom. The van der Waals surface area contributed by atoms with Gasteiger partial charge in [-0.3, -0.25) is 9.48 Å². The van der Waals surface area contributed by atoms with Crippen LogP contribution in [0.15, 0.2) is 43.1 Å². The number of hydrogen-bond donors (Lipinski definition) is 3. The van der Waals surface area contributed by atoms with Gasteiger partial charge in [-0.05, 0) is 32.8 Å². The van der Waals surface area contributed by atoms with Gasteiger partial charge in [-0.15, -0.1) is 0 Å². The van der Waals surface area contributed by atoms with Crippen molar-refractivity contribution in [2.24, 2.45) is 0 Å². The van der Waals surface area contributed by atoms with E-state index in [0.29, 0.717) is 47.0 Å². The van der Waals surface area contributed by atoms with Gasteiger partial charge in [-0.1, -0.05) is 0 Å². The first-order chi connectivity index (χ1) is 18.7. The highest BCUT2D eigenvalue weighted by molar-refractivity contribution is 6.00. The third kappa shape index (κ3) is 5.71. The zero-order chi connectivity index (χ0) is 27.6. The molecule has 4 aromatic heterocycles. The van der Waals surface area contributed by atoms with Crippen molar-refractivity contribution in [1.82, 2.24) is 34.8 Å². The van der Waals surface area contributed by atoms with E-state index in [1.165, 1.54) is 30.9 Å². The number of pyridine rings is 2. The van der Waals surface area contributed by atoms with Crippen LogP contribution >= 0.6 is 0 Å². The molecule has 3 N–H and O–H groups in total. The van der Waals surface area contributed by atoms with Gasteiger partial charge in [0.25, 0.3) is 5.91 Å². The standard InChI is InChI=1S/C26H28FN9O3/c1-26(2,38)22(27)14-31-25(37)20-13-29-23(36-24-17(11-33-36)7-16(9-28)10-30-24)8-21(20)34-18-12-32-35(15-18)19-3-5-39-6-4-19/h7-8,10-13,15,19,22,38H,3-6,14H2,1-2H3,(H,29,34)(H,31,37). The van der Waals surface area contributed by atoms with Crippen molar-refractivity contribution in [1.29, 1.82) is 5.26 Å². The number of amides is 1. The quantitative estimate of drug-likeness (QED) is 0.310. The van der Waals surface area contributed by atoms with Gasteiger partial charge in [0.1, 0.15) is 12.2 Å². The Bertz CT molecular complexity index is 1530. The normalized spacial score (nSPS) is 15.2. The monoisotopic (exact) mass is 533 g/mol. The molecule has 1 fully saturated rings. The average Bonchev–Trinajstić information content (AvgIpc) is 3.58. The molecule has 1 saturated heterocycles. The van der Waals surface area contributed by atoms with Crippen molar-refractivity contribution in [2.75, 3.05) is 25.1 Å². The van der Waals surface area contributed by atoms with Crippen LogP contribution in [0.4, 0.5) is 15.8 Å². The number of alkyl halides is 1. The molecule has 202 valence electrons. The van der Waals surface area contributed by atoms with Crippen LogP contribution in [-0.2, 0) is 4.74 Å². The fourth-order valence-corrected chi connectivity index (χ4v) is 4.23. The fourth-order valence-electron chi connectivity index (χ4n) is 4.23. The van der Waals surface area contributed by atoms with Gasteiger partial charge >= 0.3 is 0 Å². The number of ether oxygens (including phenoxy) is 1. The van der Waals surface area contributed by atoms with Gasteiger partial charge < -0.3 is 20.5 Å². The lowest BCUT2D eigenvalue weighted by molar-refractivity contribution is -0.00177. The topological polar surface area (TPSA) is 156 Å². The van der Waals surface area contributed by atoms with Crippen LogP contribution in [-0.4, -0.2) is 72.1 Å². The summed E-state index contributed by atoms with van der Waals surface area (Å²) in [6.07, 6.45) is 7.96. The summed E-state index contributed by atoms with van der Waals surface area (Å²) in [7, 11) is 0. The molecular formula is C26H28FN9O3. The van der Waals surface area contributed by atoms with Gasteiger partial charge in [0.05, 0.1) is 53.1 Å². The number of anilines is 2. The molecule has 12 nitrogen and oxygen atoms in total. The molecule has 13 heteroatoms. The second-order valence-electron chi connectivity index (χ2n) is 9.90. The summed E-state index contributed by atoms with van der Waals surface area (Å²) < 4.78 is 23.1. The third-order valence-corrected chi connectivity index (χ3v) is 6.54. The Kier molecular flexibility index (Phi) is 7.23. The van der Waals surface area contributed by atoms with E-state index in [2.05, 4.69) is 36.9 Å². The lowest BCUT2D eigenvalue weighted by Gasteiger charge is -2.22. The highest BCUT2D eigenvalue weighted by Crippen LogP contribution is 2.27. The van der Waals surface area contributed by atoms with E-state index in [4.69, 9.17) is 10.00 Å². The smallest absolute Gasteiger partial charge is 0.255 e. The molecular weight excluding hydrogens is 505 g/mol. The molecule has 1 aliphatic rings. The molecule has 39 heavy (non-hydrogen) atoms. The number of fused-ring (bicyclic) bond motifs is 1. The predicted molar refractivity (Wildman–Crippen MR) is 140 cm³/mol. The average molecular weight is 534 g/mol. The van der Waals surface area contributed by atoms with Gasteiger partial charge in [0, 0.05) is 43.3 Å². The van der Waals surface area contributed by atoms with Crippen molar-refractivity contribution < 1.29 is 19.0 Å². The molecule has 1 amide bonds. The Morgan fingerprint density at radius 2 is 2.03 bits per heavy atom. The lowest BCUT2D eigenvalue weighted by atomic mass is 10.0. The zero-order valence-corrected chi connectivity index (χ0v) is 21.5. The molecule has 0 aliphatic carbocycles. The summed E-state index contributed by atoms with van der Waals surface area (Å²) >= 11 is 0. The molecule has 1 aliphatic heterocycles. The van der Waals surface area contributed by atoms with Crippen LogP contribution in [0.5, 0.6) is 0 Å². The largest absolute Gasteiger partial charge is 0.387 e. The van der Waals surface area contributed by atoms with Crippen LogP contribution in [0.2, 0.25) is 0 Å².